The molecule has 1 aliphatic heterocycles. The standard InChI is InChI=1S/C11H15NO4/c1-2-3-4-9(13)12-11(10(14)15)5-7-16-8-6-11/h1H,3-8H2,(H,12,13)(H,14,15). The van der Waals surface area contributed by atoms with Crippen LogP contribution in [-0.4, -0.2) is 35.7 Å². The number of ether oxygens (including phenoxy) is 1. The normalized spacial score (nSPS) is 18.4. The molecule has 0 aromatic rings. The summed E-state index contributed by atoms with van der Waals surface area (Å²) in [4.78, 5) is 22.6. The first-order chi connectivity index (χ1) is 7.60. The molecule has 1 fully saturated rings. The SMILES string of the molecule is C#CCCC(=O)NC1(C(=O)O)CCOCC1. The zero-order chi connectivity index (χ0) is 12.0. The zero-order valence-electron chi connectivity index (χ0n) is 8.99. The van der Waals surface area contributed by atoms with Crippen molar-refractivity contribution in [2.75, 3.05) is 13.2 Å². The van der Waals surface area contributed by atoms with Crippen LogP contribution in [-0.2, 0) is 14.3 Å². The number of amides is 1. The van der Waals surface area contributed by atoms with Gasteiger partial charge in [-0.1, -0.05) is 0 Å². The third kappa shape index (κ3) is 2.97. The van der Waals surface area contributed by atoms with Crippen molar-refractivity contribution in [1.82, 2.24) is 5.32 Å². The highest BCUT2D eigenvalue weighted by atomic mass is 16.5. The van der Waals surface area contributed by atoms with E-state index < -0.39 is 11.5 Å². The molecule has 1 heterocycles. The Bertz CT molecular complexity index is 312. The van der Waals surface area contributed by atoms with Gasteiger partial charge in [0.15, 0.2) is 0 Å². The van der Waals surface area contributed by atoms with Crippen LogP contribution in [0.2, 0.25) is 0 Å². The summed E-state index contributed by atoms with van der Waals surface area (Å²) in [7, 11) is 0. The topological polar surface area (TPSA) is 75.6 Å². The predicted octanol–water partition coefficient (Wildman–Crippen LogP) is 0.150. The Kier molecular flexibility index (Phi) is 4.32. The third-order valence-electron chi connectivity index (χ3n) is 2.63. The molecule has 16 heavy (non-hydrogen) atoms. The minimum Gasteiger partial charge on any atom is -0.480 e. The molecule has 0 aliphatic carbocycles. The first-order valence-electron chi connectivity index (χ1n) is 5.16. The van der Waals surface area contributed by atoms with Gasteiger partial charge < -0.3 is 15.2 Å². The quantitative estimate of drug-likeness (QED) is 0.668. The molecule has 2 N–H and O–H groups in total. The van der Waals surface area contributed by atoms with Crippen LogP contribution in [0.1, 0.15) is 25.7 Å². The van der Waals surface area contributed by atoms with Gasteiger partial charge in [-0.15, -0.1) is 12.3 Å². The first-order valence-corrected chi connectivity index (χ1v) is 5.16. The molecule has 0 radical (unpaired) electrons. The summed E-state index contributed by atoms with van der Waals surface area (Å²) in [5, 5.41) is 11.7. The van der Waals surface area contributed by atoms with E-state index in [0.29, 0.717) is 32.5 Å². The molecule has 88 valence electrons. The van der Waals surface area contributed by atoms with E-state index in [1.807, 2.05) is 0 Å². The fraction of sp³-hybridized carbons (Fsp3) is 0.636. The number of carboxylic acids is 1. The highest BCUT2D eigenvalue weighted by Crippen LogP contribution is 2.21. The first kappa shape index (κ1) is 12.5. The third-order valence-corrected chi connectivity index (χ3v) is 2.63. The van der Waals surface area contributed by atoms with Crippen LogP contribution in [0, 0.1) is 12.3 Å². The lowest BCUT2D eigenvalue weighted by Crippen LogP contribution is -2.57. The number of hydrogen-bond donors (Lipinski definition) is 2. The number of carboxylic acid groups (broad SMARTS) is 1. The second-order valence-electron chi connectivity index (χ2n) is 3.75. The van der Waals surface area contributed by atoms with Crippen molar-refractivity contribution in [3.63, 3.8) is 0 Å². The Labute approximate surface area is 94.2 Å². The van der Waals surface area contributed by atoms with Crippen LogP contribution < -0.4 is 5.32 Å². The van der Waals surface area contributed by atoms with Crippen molar-refractivity contribution in [2.45, 2.75) is 31.2 Å². The van der Waals surface area contributed by atoms with E-state index in [9.17, 15) is 9.59 Å². The van der Waals surface area contributed by atoms with Crippen molar-refractivity contribution in [1.29, 1.82) is 0 Å². The zero-order valence-corrected chi connectivity index (χ0v) is 8.99. The molecule has 1 saturated heterocycles. The maximum Gasteiger partial charge on any atom is 0.329 e. The van der Waals surface area contributed by atoms with Crippen molar-refractivity contribution in [3.8, 4) is 12.3 Å². The fourth-order valence-corrected chi connectivity index (χ4v) is 1.63. The second kappa shape index (κ2) is 5.52. The number of hydrogen-bond acceptors (Lipinski definition) is 3. The Morgan fingerprint density at radius 3 is 2.56 bits per heavy atom. The van der Waals surface area contributed by atoms with Gasteiger partial charge in [-0.05, 0) is 0 Å². The molecule has 1 aliphatic rings. The Morgan fingerprint density at radius 2 is 2.06 bits per heavy atom. The van der Waals surface area contributed by atoms with Crippen LogP contribution in [0.25, 0.3) is 0 Å². The van der Waals surface area contributed by atoms with Crippen molar-refractivity contribution >= 4 is 11.9 Å². The van der Waals surface area contributed by atoms with Crippen molar-refractivity contribution in [2.24, 2.45) is 0 Å². The average Bonchev–Trinajstić information content (AvgIpc) is 2.27. The molecular weight excluding hydrogens is 210 g/mol. The van der Waals surface area contributed by atoms with Gasteiger partial charge in [-0.25, -0.2) is 4.79 Å². The van der Waals surface area contributed by atoms with Gasteiger partial charge in [0.25, 0.3) is 0 Å². The maximum atomic E-state index is 11.5. The van der Waals surface area contributed by atoms with Gasteiger partial charge in [-0.2, -0.15) is 0 Å². The van der Waals surface area contributed by atoms with E-state index >= 15 is 0 Å². The highest BCUT2D eigenvalue weighted by Gasteiger charge is 2.41. The summed E-state index contributed by atoms with van der Waals surface area (Å²) in [5.41, 5.74) is -1.18. The summed E-state index contributed by atoms with van der Waals surface area (Å²) >= 11 is 0. The van der Waals surface area contributed by atoms with Crippen LogP contribution in [0.3, 0.4) is 0 Å². The largest absolute Gasteiger partial charge is 0.480 e. The fourth-order valence-electron chi connectivity index (χ4n) is 1.63. The average molecular weight is 225 g/mol. The van der Waals surface area contributed by atoms with Gasteiger partial charge >= 0.3 is 5.97 Å². The molecule has 1 amide bonds. The van der Waals surface area contributed by atoms with E-state index in [0.717, 1.165) is 0 Å². The lowest BCUT2D eigenvalue weighted by Gasteiger charge is -2.33. The summed E-state index contributed by atoms with van der Waals surface area (Å²) in [6.45, 7) is 0.698. The Morgan fingerprint density at radius 1 is 1.44 bits per heavy atom. The molecular formula is C11H15NO4. The molecule has 0 spiro atoms. The van der Waals surface area contributed by atoms with E-state index in [4.69, 9.17) is 16.3 Å². The van der Waals surface area contributed by atoms with Crippen molar-refractivity contribution in [3.05, 3.63) is 0 Å². The molecule has 0 bridgehead atoms. The van der Waals surface area contributed by atoms with Crippen LogP contribution in [0.4, 0.5) is 0 Å². The maximum absolute atomic E-state index is 11.5. The van der Waals surface area contributed by atoms with Gasteiger partial charge in [0.1, 0.15) is 5.54 Å². The number of aliphatic carboxylic acids is 1. The summed E-state index contributed by atoms with van der Waals surface area (Å²) in [6.07, 6.45) is 6.10. The number of nitrogens with one attached hydrogen (secondary N) is 1. The Balaban J connectivity index is 2.61. The molecule has 5 heteroatoms. The summed E-state index contributed by atoms with van der Waals surface area (Å²) < 4.78 is 5.09. The molecule has 0 aromatic carbocycles. The summed E-state index contributed by atoms with van der Waals surface area (Å²) in [5.74, 6) is 1.02. The second-order valence-corrected chi connectivity index (χ2v) is 3.75. The molecule has 0 unspecified atom stereocenters. The smallest absolute Gasteiger partial charge is 0.329 e. The van der Waals surface area contributed by atoms with E-state index in [2.05, 4.69) is 11.2 Å². The van der Waals surface area contributed by atoms with Gasteiger partial charge in [0.05, 0.1) is 0 Å². The van der Waals surface area contributed by atoms with Crippen LogP contribution in [0.15, 0.2) is 0 Å². The minimum absolute atomic E-state index is 0.159. The number of carbonyl (C=O) groups is 2. The molecule has 0 atom stereocenters. The number of terminal acetylenes is 1. The molecule has 0 saturated carbocycles. The monoisotopic (exact) mass is 225 g/mol. The van der Waals surface area contributed by atoms with E-state index in [-0.39, 0.29) is 12.3 Å². The lowest BCUT2D eigenvalue weighted by atomic mass is 9.90. The highest BCUT2D eigenvalue weighted by molar-refractivity contribution is 5.87. The Hall–Kier alpha value is -1.54. The van der Waals surface area contributed by atoms with Crippen LogP contribution >= 0.6 is 0 Å². The van der Waals surface area contributed by atoms with Crippen molar-refractivity contribution < 1.29 is 19.4 Å². The molecule has 1 rings (SSSR count). The van der Waals surface area contributed by atoms with Gasteiger partial charge in [-0.3, -0.25) is 4.79 Å². The lowest BCUT2D eigenvalue weighted by molar-refractivity contribution is -0.152. The van der Waals surface area contributed by atoms with Gasteiger partial charge in [0, 0.05) is 38.9 Å². The number of rotatable bonds is 4. The molecule has 0 aromatic heterocycles. The minimum atomic E-state index is -1.18. The predicted molar refractivity (Wildman–Crippen MR) is 56.6 cm³/mol. The van der Waals surface area contributed by atoms with Crippen LogP contribution in [0.5, 0.6) is 0 Å². The van der Waals surface area contributed by atoms with E-state index in [1.54, 1.807) is 0 Å². The summed E-state index contributed by atoms with van der Waals surface area (Å²) in [6, 6.07) is 0. The van der Waals surface area contributed by atoms with E-state index in [1.165, 1.54) is 0 Å². The number of carbonyl (C=O) groups excluding carboxylic acids is 1. The van der Waals surface area contributed by atoms with Gasteiger partial charge in [0.2, 0.25) is 5.91 Å². The molecule has 5 nitrogen and oxygen atoms in total.